The number of nitrogens with one attached hydrogen (secondary N) is 2. The van der Waals surface area contributed by atoms with Gasteiger partial charge in [-0.25, -0.2) is 0 Å². The van der Waals surface area contributed by atoms with Crippen molar-refractivity contribution in [3.8, 4) is 11.1 Å². The molecule has 0 fully saturated rings. The summed E-state index contributed by atoms with van der Waals surface area (Å²) in [6.07, 6.45) is -0.845. The monoisotopic (exact) mass is 473 g/mol. The fourth-order valence-corrected chi connectivity index (χ4v) is 4.57. The second-order valence-electron chi connectivity index (χ2n) is 9.06. The zero-order chi connectivity index (χ0) is 25.1. The number of aliphatic hydroxyl groups is 2. The molecule has 4 rings (SSSR count). The highest BCUT2D eigenvalue weighted by Crippen LogP contribution is 2.41. The molecule has 0 saturated heterocycles. The molecule has 182 valence electrons. The molecule has 35 heavy (non-hydrogen) atoms. The molecule has 3 aromatic rings. The quantitative estimate of drug-likeness (QED) is 0.404. The summed E-state index contributed by atoms with van der Waals surface area (Å²) in [4.78, 5) is 26.7. The fraction of sp³-hybridized carbons (Fsp3) is 0.286. The van der Waals surface area contributed by atoms with Gasteiger partial charge in [-0.2, -0.15) is 0 Å². The molecule has 7 nitrogen and oxygen atoms in total. The lowest BCUT2D eigenvalue weighted by atomic mass is 9.88. The van der Waals surface area contributed by atoms with Crippen molar-refractivity contribution in [1.82, 2.24) is 5.32 Å². The number of carbonyl (C=O) groups is 2. The summed E-state index contributed by atoms with van der Waals surface area (Å²) in [6.45, 7) is 5.19. The maximum Gasteiger partial charge on any atom is 0.251 e. The average molecular weight is 474 g/mol. The smallest absolute Gasteiger partial charge is 0.251 e. The van der Waals surface area contributed by atoms with E-state index < -0.39 is 12.3 Å². The van der Waals surface area contributed by atoms with E-state index in [0.29, 0.717) is 5.56 Å². The van der Waals surface area contributed by atoms with Gasteiger partial charge in [0.25, 0.3) is 5.91 Å². The first kappa shape index (κ1) is 24.4. The second-order valence-corrected chi connectivity index (χ2v) is 9.06. The Morgan fingerprint density at radius 2 is 1.63 bits per heavy atom. The van der Waals surface area contributed by atoms with E-state index in [4.69, 9.17) is 0 Å². The number of amides is 2. The van der Waals surface area contributed by atoms with Gasteiger partial charge in [-0.3, -0.25) is 9.59 Å². The molecule has 7 heteroatoms. The van der Waals surface area contributed by atoms with Crippen LogP contribution in [-0.4, -0.2) is 40.4 Å². The highest BCUT2D eigenvalue weighted by Gasteiger charge is 2.32. The topological polar surface area (TPSA) is 102 Å². The normalized spacial score (nSPS) is 18.1. The number of rotatable bonds is 6. The summed E-state index contributed by atoms with van der Waals surface area (Å²) in [5.41, 5.74) is 5.32. The summed E-state index contributed by atoms with van der Waals surface area (Å²) in [5.74, 6) is -0.358. The number of benzene rings is 3. The third-order valence-electron chi connectivity index (χ3n) is 6.42. The Bertz CT molecular complexity index is 1190. The van der Waals surface area contributed by atoms with E-state index in [1.165, 1.54) is 6.92 Å². The van der Waals surface area contributed by atoms with Crippen LogP contribution in [0, 0.1) is 0 Å². The molecule has 0 aliphatic carbocycles. The lowest BCUT2D eigenvalue weighted by molar-refractivity contribution is -0.117. The number of carbonyl (C=O) groups excluding carboxylic acids is 2. The molecule has 4 N–H and O–H groups in total. The van der Waals surface area contributed by atoms with Gasteiger partial charge in [0.1, 0.15) is 0 Å². The van der Waals surface area contributed by atoms with Crippen molar-refractivity contribution >= 4 is 23.2 Å². The largest absolute Gasteiger partial charge is 0.378 e. The molecule has 0 spiro atoms. The predicted octanol–water partition coefficient (Wildman–Crippen LogP) is 4.08. The molecule has 3 unspecified atom stereocenters. The van der Waals surface area contributed by atoms with Crippen molar-refractivity contribution in [1.29, 1.82) is 0 Å². The van der Waals surface area contributed by atoms with Crippen molar-refractivity contribution < 1.29 is 19.8 Å². The number of aliphatic hydroxyl groups excluding tert-OH is 1. The molecule has 0 radical (unpaired) electrons. The molecular weight excluding hydrogens is 442 g/mol. The van der Waals surface area contributed by atoms with Gasteiger partial charge in [-0.1, -0.05) is 36.4 Å². The van der Waals surface area contributed by atoms with Gasteiger partial charge >= 0.3 is 0 Å². The molecule has 3 atom stereocenters. The highest BCUT2D eigenvalue weighted by atomic mass is 16.5. The minimum absolute atomic E-state index is 0.0160. The van der Waals surface area contributed by atoms with Crippen LogP contribution in [0.1, 0.15) is 49.2 Å². The van der Waals surface area contributed by atoms with Gasteiger partial charge in [0.15, 0.2) is 6.29 Å². The van der Waals surface area contributed by atoms with Crippen LogP contribution in [0.5, 0.6) is 0 Å². The Hall–Kier alpha value is -3.68. The minimum Gasteiger partial charge on any atom is -0.378 e. The van der Waals surface area contributed by atoms with Crippen molar-refractivity contribution in [2.45, 2.75) is 51.6 Å². The van der Waals surface area contributed by atoms with E-state index >= 15 is 0 Å². The fourth-order valence-electron chi connectivity index (χ4n) is 4.57. The number of hydrogen-bond donors (Lipinski definition) is 4. The first-order valence-electron chi connectivity index (χ1n) is 11.8. The zero-order valence-corrected chi connectivity index (χ0v) is 20.1. The molecule has 1 aliphatic rings. The van der Waals surface area contributed by atoms with E-state index in [0.717, 1.165) is 34.5 Å². The summed E-state index contributed by atoms with van der Waals surface area (Å²) in [7, 11) is 0. The first-order chi connectivity index (χ1) is 16.7. The van der Waals surface area contributed by atoms with Crippen LogP contribution in [0.3, 0.4) is 0 Å². The molecule has 2 amide bonds. The van der Waals surface area contributed by atoms with Crippen LogP contribution in [0.2, 0.25) is 0 Å². The number of fused-ring (bicyclic) bond motifs is 1. The molecule has 0 bridgehead atoms. The van der Waals surface area contributed by atoms with Gasteiger partial charge in [-0.05, 0) is 73.4 Å². The van der Waals surface area contributed by atoms with Gasteiger partial charge in [0.2, 0.25) is 5.91 Å². The number of para-hydroxylation sites is 1. The Labute approximate surface area is 205 Å². The van der Waals surface area contributed by atoms with Crippen molar-refractivity contribution in [2.75, 3.05) is 10.2 Å². The average Bonchev–Trinajstić information content (AvgIpc) is 2.84. The summed E-state index contributed by atoms with van der Waals surface area (Å²) in [5, 5.41) is 24.6. The predicted molar refractivity (Wildman–Crippen MR) is 137 cm³/mol. The van der Waals surface area contributed by atoms with Crippen LogP contribution < -0.4 is 15.5 Å². The Kier molecular flexibility index (Phi) is 7.19. The SMILES string of the molecule is CC(=O)N1c2ccc(-c3ccc(C(=O)NC(C)C(O)O)cc3)cc2C(Nc2ccccc2)CC1C. The third-order valence-corrected chi connectivity index (χ3v) is 6.42. The lowest BCUT2D eigenvalue weighted by Crippen LogP contribution is -2.43. The zero-order valence-electron chi connectivity index (χ0n) is 20.1. The molecule has 3 aromatic carbocycles. The van der Waals surface area contributed by atoms with Crippen LogP contribution in [0.4, 0.5) is 11.4 Å². The molecule has 1 heterocycles. The van der Waals surface area contributed by atoms with Crippen LogP contribution in [-0.2, 0) is 4.79 Å². The standard InChI is InChI=1S/C28H31N3O4/c1-17-15-25(30-23-7-5-4-6-8-23)24-16-22(13-14-26(24)31(17)19(3)32)20-9-11-21(12-10-20)27(33)29-18(2)28(34)35/h4-14,16-18,25,28,30,34-35H,15H2,1-3H3,(H,29,33). The van der Waals surface area contributed by atoms with E-state index in [9.17, 15) is 19.8 Å². The van der Waals surface area contributed by atoms with Gasteiger partial charge in [-0.15, -0.1) is 0 Å². The summed E-state index contributed by atoms with van der Waals surface area (Å²) in [6, 6.07) is 22.6. The van der Waals surface area contributed by atoms with E-state index in [-0.39, 0.29) is 23.9 Å². The van der Waals surface area contributed by atoms with Crippen molar-refractivity contribution in [2.24, 2.45) is 0 Å². The van der Waals surface area contributed by atoms with Gasteiger partial charge < -0.3 is 25.7 Å². The van der Waals surface area contributed by atoms with E-state index in [1.54, 1.807) is 19.1 Å². The Morgan fingerprint density at radius 1 is 0.971 bits per heavy atom. The van der Waals surface area contributed by atoms with E-state index in [1.807, 2.05) is 59.5 Å². The van der Waals surface area contributed by atoms with Crippen LogP contribution in [0.15, 0.2) is 72.8 Å². The van der Waals surface area contributed by atoms with Crippen LogP contribution in [0.25, 0.3) is 11.1 Å². The van der Waals surface area contributed by atoms with Gasteiger partial charge in [0, 0.05) is 29.9 Å². The number of nitrogens with zero attached hydrogens (tertiary/aromatic N) is 1. The molecule has 1 aliphatic heterocycles. The molecular formula is C28H31N3O4. The second kappa shape index (κ2) is 10.3. The Balaban J connectivity index is 1.65. The lowest BCUT2D eigenvalue weighted by Gasteiger charge is -2.39. The van der Waals surface area contributed by atoms with Crippen LogP contribution >= 0.6 is 0 Å². The van der Waals surface area contributed by atoms with Crippen molar-refractivity contribution in [3.63, 3.8) is 0 Å². The van der Waals surface area contributed by atoms with Crippen molar-refractivity contribution in [3.05, 3.63) is 83.9 Å². The maximum absolute atomic E-state index is 12.4. The van der Waals surface area contributed by atoms with Gasteiger partial charge in [0.05, 0.1) is 12.1 Å². The minimum atomic E-state index is -1.62. The summed E-state index contributed by atoms with van der Waals surface area (Å²) >= 11 is 0. The Morgan fingerprint density at radius 3 is 2.26 bits per heavy atom. The summed E-state index contributed by atoms with van der Waals surface area (Å²) < 4.78 is 0. The molecule has 0 aromatic heterocycles. The number of hydrogen-bond acceptors (Lipinski definition) is 5. The first-order valence-corrected chi connectivity index (χ1v) is 11.8. The highest BCUT2D eigenvalue weighted by molar-refractivity contribution is 5.95. The molecule has 0 saturated carbocycles. The third kappa shape index (κ3) is 5.37. The maximum atomic E-state index is 12.4. The number of anilines is 2. The van der Waals surface area contributed by atoms with E-state index in [2.05, 4.69) is 23.6 Å².